The second-order valence-electron chi connectivity index (χ2n) is 6.48. The third kappa shape index (κ3) is 2.42. The van der Waals surface area contributed by atoms with Gasteiger partial charge in [0.25, 0.3) is 0 Å². The number of fused-ring (bicyclic) bond motifs is 3. The summed E-state index contributed by atoms with van der Waals surface area (Å²) >= 11 is 7.14. The molecule has 2 aliphatic heterocycles. The van der Waals surface area contributed by atoms with Gasteiger partial charge in [-0.15, -0.1) is 0 Å². The lowest BCUT2D eigenvalue weighted by Gasteiger charge is -2.28. The summed E-state index contributed by atoms with van der Waals surface area (Å²) in [6.45, 7) is 0.294. The number of ether oxygens (including phenoxy) is 1. The largest absolute Gasteiger partial charge is 0.456 e. The molecule has 3 aromatic rings. The molecule has 0 aliphatic carbocycles. The Morgan fingerprint density at radius 2 is 1.77 bits per heavy atom. The van der Waals surface area contributed by atoms with Gasteiger partial charge in [0.15, 0.2) is 0 Å². The number of nitrogens with one attached hydrogen (secondary N) is 1. The van der Waals surface area contributed by atoms with Crippen LogP contribution in [0.2, 0.25) is 0 Å². The lowest BCUT2D eigenvalue weighted by Crippen LogP contribution is -2.20. The van der Waals surface area contributed by atoms with E-state index in [0.29, 0.717) is 12.2 Å². The molecule has 0 unspecified atom stereocenters. The van der Waals surface area contributed by atoms with Crippen molar-refractivity contribution in [1.82, 2.24) is 0 Å². The van der Waals surface area contributed by atoms with Crippen LogP contribution in [-0.2, 0) is 9.53 Å². The SMILES string of the molecule is O=C1OCC2=C1[C@@H](c1cc(Br)cc(Br)c1)c1ccc3ccccc3c1N2. The van der Waals surface area contributed by atoms with E-state index in [-0.39, 0.29) is 11.9 Å². The lowest BCUT2D eigenvalue weighted by atomic mass is 9.80. The van der Waals surface area contributed by atoms with Crippen molar-refractivity contribution in [2.45, 2.75) is 5.92 Å². The summed E-state index contributed by atoms with van der Waals surface area (Å²) in [5.41, 5.74) is 4.76. The molecule has 3 nitrogen and oxygen atoms in total. The van der Waals surface area contributed by atoms with E-state index in [0.717, 1.165) is 36.8 Å². The number of carbonyl (C=O) groups is 1. The topological polar surface area (TPSA) is 38.3 Å². The van der Waals surface area contributed by atoms with Gasteiger partial charge in [-0.1, -0.05) is 68.3 Å². The van der Waals surface area contributed by atoms with Crippen molar-refractivity contribution >= 4 is 54.3 Å². The molecule has 0 aromatic heterocycles. The van der Waals surface area contributed by atoms with Crippen LogP contribution in [0.15, 0.2) is 74.8 Å². The molecule has 5 rings (SSSR count). The first-order chi connectivity index (χ1) is 12.6. The molecule has 0 saturated heterocycles. The van der Waals surface area contributed by atoms with Gasteiger partial charge >= 0.3 is 5.97 Å². The molecule has 0 radical (unpaired) electrons. The van der Waals surface area contributed by atoms with E-state index in [1.165, 1.54) is 5.39 Å². The summed E-state index contributed by atoms with van der Waals surface area (Å²) in [6, 6.07) is 18.6. The third-order valence-electron chi connectivity index (χ3n) is 4.95. The predicted octanol–water partition coefficient (Wildman–Crippen LogP) is 5.73. The van der Waals surface area contributed by atoms with Gasteiger partial charge in [-0.2, -0.15) is 0 Å². The molecular weight excluding hydrogens is 458 g/mol. The summed E-state index contributed by atoms with van der Waals surface area (Å²) in [4.78, 5) is 12.5. The van der Waals surface area contributed by atoms with Gasteiger partial charge < -0.3 is 10.1 Å². The summed E-state index contributed by atoms with van der Waals surface area (Å²) < 4.78 is 7.29. The fraction of sp³-hybridized carbons (Fsp3) is 0.0952. The molecule has 1 N–H and O–H groups in total. The average Bonchev–Trinajstić information content (AvgIpc) is 2.99. The standard InChI is InChI=1S/C21H13Br2NO2/c22-13-7-12(8-14(23)9-13)18-16-6-5-11-3-1-2-4-15(11)20(16)24-17-10-26-21(25)19(17)18/h1-9,18,24H,10H2/t18-/m0/s1. The van der Waals surface area contributed by atoms with Crippen LogP contribution in [0.25, 0.3) is 10.8 Å². The highest BCUT2D eigenvalue weighted by atomic mass is 79.9. The van der Waals surface area contributed by atoms with E-state index in [2.05, 4.69) is 73.6 Å². The van der Waals surface area contributed by atoms with Crippen molar-refractivity contribution in [3.8, 4) is 0 Å². The first-order valence-corrected chi connectivity index (χ1v) is 9.85. The number of halogens is 2. The Morgan fingerprint density at radius 3 is 2.58 bits per heavy atom. The van der Waals surface area contributed by atoms with Crippen LogP contribution in [-0.4, -0.2) is 12.6 Å². The maximum Gasteiger partial charge on any atom is 0.337 e. The summed E-state index contributed by atoms with van der Waals surface area (Å²) in [7, 11) is 0. The average molecular weight is 471 g/mol. The minimum absolute atomic E-state index is 0.158. The van der Waals surface area contributed by atoms with Crippen molar-refractivity contribution in [3.05, 3.63) is 85.9 Å². The van der Waals surface area contributed by atoms with Crippen molar-refractivity contribution in [2.75, 3.05) is 11.9 Å². The number of esters is 1. The van der Waals surface area contributed by atoms with Crippen LogP contribution < -0.4 is 5.32 Å². The Balaban J connectivity index is 1.82. The van der Waals surface area contributed by atoms with Gasteiger partial charge in [-0.3, -0.25) is 0 Å². The first-order valence-electron chi connectivity index (χ1n) is 8.26. The number of carbonyl (C=O) groups excluding carboxylic acids is 1. The van der Waals surface area contributed by atoms with Gasteiger partial charge in [-0.05, 0) is 34.7 Å². The van der Waals surface area contributed by atoms with Gasteiger partial charge in [0.1, 0.15) is 6.61 Å². The smallest absolute Gasteiger partial charge is 0.337 e. The Labute approximate surface area is 167 Å². The van der Waals surface area contributed by atoms with Crippen LogP contribution >= 0.6 is 31.9 Å². The molecule has 2 aliphatic rings. The number of rotatable bonds is 1. The van der Waals surface area contributed by atoms with Crippen molar-refractivity contribution in [1.29, 1.82) is 0 Å². The second kappa shape index (κ2) is 5.96. The molecule has 2 heterocycles. The molecule has 0 spiro atoms. The van der Waals surface area contributed by atoms with Crippen LogP contribution in [0, 0.1) is 0 Å². The van der Waals surface area contributed by atoms with E-state index in [1.807, 2.05) is 18.2 Å². The molecule has 0 amide bonds. The first kappa shape index (κ1) is 16.1. The van der Waals surface area contributed by atoms with Gasteiger partial charge in [0, 0.05) is 20.2 Å². The Kier molecular flexibility index (Phi) is 3.69. The molecule has 0 bridgehead atoms. The van der Waals surface area contributed by atoms with Crippen molar-refractivity contribution in [3.63, 3.8) is 0 Å². The van der Waals surface area contributed by atoms with Crippen LogP contribution in [0.3, 0.4) is 0 Å². The summed E-state index contributed by atoms with van der Waals surface area (Å²) in [5, 5.41) is 5.79. The lowest BCUT2D eigenvalue weighted by molar-refractivity contribution is -0.136. The number of anilines is 1. The van der Waals surface area contributed by atoms with Crippen LogP contribution in [0.4, 0.5) is 5.69 Å². The zero-order valence-electron chi connectivity index (χ0n) is 13.6. The highest BCUT2D eigenvalue weighted by Crippen LogP contribution is 2.47. The van der Waals surface area contributed by atoms with E-state index in [1.54, 1.807) is 0 Å². The van der Waals surface area contributed by atoms with E-state index < -0.39 is 0 Å². The Morgan fingerprint density at radius 1 is 1.00 bits per heavy atom. The van der Waals surface area contributed by atoms with E-state index >= 15 is 0 Å². The van der Waals surface area contributed by atoms with Crippen molar-refractivity contribution in [2.24, 2.45) is 0 Å². The molecule has 128 valence electrons. The van der Waals surface area contributed by atoms with E-state index in [4.69, 9.17) is 4.74 Å². The van der Waals surface area contributed by atoms with Gasteiger partial charge in [-0.25, -0.2) is 4.79 Å². The van der Waals surface area contributed by atoms with Crippen LogP contribution in [0.5, 0.6) is 0 Å². The highest BCUT2D eigenvalue weighted by Gasteiger charge is 2.39. The summed E-state index contributed by atoms with van der Waals surface area (Å²) in [6.07, 6.45) is 0. The molecule has 5 heteroatoms. The van der Waals surface area contributed by atoms with Gasteiger partial charge in [0.2, 0.25) is 0 Å². The molecule has 26 heavy (non-hydrogen) atoms. The highest BCUT2D eigenvalue weighted by molar-refractivity contribution is 9.11. The monoisotopic (exact) mass is 469 g/mol. The van der Waals surface area contributed by atoms with Crippen molar-refractivity contribution < 1.29 is 9.53 Å². The molecule has 0 fully saturated rings. The normalized spacial score (nSPS) is 18.4. The zero-order chi connectivity index (χ0) is 17.8. The fourth-order valence-electron chi connectivity index (χ4n) is 3.87. The minimum atomic E-state index is -0.243. The van der Waals surface area contributed by atoms with Gasteiger partial charge in [0.05, 0.1) is 17.0 Å². The quantitative estimate of drug-likeness (QED) is 0.461. The number of hydrogen-bond acceptors (Lipinski definition) is 3. The number of benzene rings is 3. The number of hydrogen-bond donors (Lipinski definition) is 1. The Hall–Kier alpha value is -2.11. The fourth-order valence-corrected chi connectivity index (χ4v) is 5.20. The Bertz CT molecular complexity index is 1100. The maximum absolute atomic E-state index is 12.5. The van der Waals surface area contributed by atoms with Crippen LogP contribution in [0.1, 0.15) is 17.0 Å². The van der Waals surface area contributed by atoms with E-state index in [9.17, 15) is 4.79 Å². The summed E-state index contributed by atoms with van der Waals surface area (Å²) in [5.74, 6) is -0.401. The molecular formula is C21H13Br2NO2. The molecule has 1 atom stereocenters. The zero-order valence-corrected chi connectivity index (χ0v) is 16.7. The number of cyclic esters (lactones) is 1. The molecule has 3 aromatic carbocycles. The maximum atomic E-state index is 12.5. The second-order valence-corrected chi connectivity index (χ2v) is 8.31. The minimum Gasteiger partial charge on any atom is -0.456 e. The third-order valence-corrected chi connectivity index (χ3v) is 5.86. The predicted molar refractivity (Wildman–Crippen MR) is 109 cm³/mol. The molecule has 0 saturated carbocycles.